The van der Waals surface area contributed by atoms with Gasteiger partial charge in [-0.2, -0.15) is 0 Å². The van der Waals surface area contributed by atoms with Crippen molar-refractivity contribution in [3.05, 3.63) is 12.3 Å². The molecule has 88 valence electrons. The van der Waals surface area contributed by atoms with E-state index >= 15 is 0 Å². The highest BCUT2D eigenvalue weighted by molar-refractivity contribution is 5.80. The molecular formula is C14H27N. The molecule has 1 nitrogen and oxygen atoms in total. The van der Waals surface area contributed by atoms with Crippen LogP contribution in [0.15, 0.2) is 17.3 Å². The average molecular weight is 209 g/mol. The topological polar surface area (TPSA) is 12.4 Å². The van der Waals surface area contributed by atoms with E-state index in [0.29, 0.717) is 0 Å². The van der Waals surface area contributed by atoms with Crippen LogP contribution in [0.4, 0.5) is 0 Å². The van der Waals surface area contributed by atoms with E-state index < -0.39 is 0 Å². The maximum Gasteiger partial charge on any atom is 0.0387 e. The molecule has 0 aromatic carbocycles. The summed E-state index contributed by atoms with van der Waals surface area (Å²) in [5, 5.41) is 0. The maximum absolute atomic E-state index is 4.47. The van der Waals surface area contributed by atoms with Crippen LogP contribution in [0, 0.1) is 5.41 Å². The lowest BCUT2D eigenvalue weighted by atomic mass is 9.84. The first kappa shape index (κ1) is 14.4. The Labute approximate surface area is 95.7 Å². The Morgan fingerprint density at radius 3 is 2.20 bits per heavy atom. The number of unbranched alkanes of at least 4 members (excludes halogenated alkanes) is 3. The zero-order valence-electron chi connectivity index (χ0n) is 11.2. The number of allylic oxidation sites excluding steroid dienone is 1. The summed E-state index contributed by atoms with van der Waals surface area (Å²) in [6.07, 6.45) is 6.47. The van der Waals surface area contributed by atoms with Gasteiger partial charge >= 0.3 is 0 Å². The highest BCUT2D eigenvalue weighted by atomic mass is 14.8. The Bertz CT molecular complexity index is 219. The van der Waals surface area contributed by atoms with Gasteiger partial charge in [0, 0.05) is 16.8 Å². The first-order chi connectivity index (χ1) is 6.90. The molecule has 0 spiro atoms. The molecule has 0 aromatic rings. The van der Waals surface area contributed by atoms with Crippen molar-refractivity contribution in [2.45, 2.75) is 66.7 Å². The third-order valence-corrected chi connectivity index (χ3v) is 2.80. The highest BCUT2D eigenvalue weighted by Crippen LogP contribution is 2.32. The second-order valence-electron chi connectivity index (χ2n) is 5.20. The molecule has 0 fully saturated rings. The highest BCUT2D eigenvalue weighted by Gasteiger charge is 2.20. The van der Waals surface area contributed by atoms with Gasteiger partial charge in [-0.25, -0.2) is 0 Å². The van der Waals surface area contributed by atoms with E-state index in [1.807, 2.05) is 13.8 Å². The molecule has 0 atom stereocenters. The van der Waals surface area contributed by atoms with Crippen molar-refractivity contribution >= 4 is 5.71 Å². The summed E-state index contributed by atoms with van der Waals surface area (Å²) in [6, 6.07) is 0. The molecule has 0 unspecified atom stereocenters. The van der Waals surface area contributed by atoms with Gasteiger partial charge in [0.15, 0.2) is 0 Å². The fraction of sp³-hybridized carbons (Fsp3) is 0.786. The van der Waals surface area contributed by atoms with Crippen molar-refractivity contribution in [1.29, 1.82) is 0 Å². The Morgan fingerprint density at radius 2 is 1.73 bits per heavy atom. The van der Waals surface area contributed by atoms with Crippen molar-refractivity contribution in [2.24, 2.45) is 10.4 Å². The van der Waals surface area contributed by atoms with Crippen LogP contribution in [-0.2, 0) is 0 Å². The minimum atomic E-state index is 0.158. The molecule has 0 aromatic heterocycles. The normalized spacial score (nSPS) is 11.3. The van der Waals surface area contributed by atoms with Crippen LogP contribution in [0.3, 0.4) is 0 Å². The van der Waals surface area contributed by atoms with Gasteiger partial charge in [-0.05, 0) is 20.3 Å². The molecule has 0 radical (unpaired) electrons. The number of hydrogen-bond donors (Lipinski definition) is 0. The number of rotatable bonds is 7. The first-order valence-corrected chi connectivity index (χ1v) is 6.11. The van der Waals surface area contributed by atoms with Gasteiger partial charge < -0.3 is 0 Å². The van der Waals surface area contributed by atoms with Gasteiger partial charge in [-0.1, -0.05) is 53.0 Å². The van der Waals surface area contributed by atoms with Crippen LogP contribution in [-0.4, -0.2) is 5.71 Å². The van der Waals surface area contributed by atoms with E-state index in [9.17, 15) is 0 Å². The van der Waals surface area contributed by atoms with Crippen LogP contribution < -0.4 is 0 Å². The molecule has 0 aliphatic rings. The molecule has 0 aliphatic carbocycles. The second-order valence-corrected chi connectivity index (χ2v) is 5.20. The Hall–Kier alpha value is -0.590. The summed E-state index contributed by atoms with van der Waals surface area (Å²) >= 11 is 0. The smallest absolute Gasteiger partial charge is 0.0387 e. The van der Waals surface area contributed by atoms with Crippen molar-refractivity contribution in [3.63, 3.8) is 0 Å². The van der Waals surface area contributed by atoms with Gasteiger partial charge in [0.2, 0.25) is 0 Å². The summed E-state index contributed by atoms with van der Waals surface area (Å²) in [7, 11) is 0. The molecule has 0 amide bonds. The lowest BCUT2D eigenvalue weighted by Crippen LogP contribution is -2.13. The van der Waals surface area contributed by atoms with Gasteiger partial charge in [-0.15, -0.1) is 0 Å². The molecule has 0 rings (SSSR count). The zero-order chi connectivity index (χ0) is 11.9. The molecular weight excluding hydrogens is 182 g/mol. The molecule has 0 saturated heterocycles. The fourth-order valence-corrected chi connectivity index (χ4v) is 1.56. The molecule has 0 saturated carbocycles. The zero-order valence-corrected chi connectivity index (χ0v) is 11.2. The first-order valence-electron chi connectivity index (χ1n) is 6.11. The molecule has 0 heterocycles. The van der Waals surface area contributed by atoms with Crippen LogP contribution in [0.25, 0.3) is 0 Å². The van der Waals surface area contributed by atoms with Crippen LogP contribution in [0.1, 0.15) is 66.7 Å². The molecule has 1 heteroatoms. The van der Waals surface area contributed by atoms with Crippen LogP contribution in [0.5, 0.6) is 0 Å². The second kappa shape index (κ2) is 6.81. The Morgan fingerprint density at radius 1 is 1.13 bits per heavy atom. The summed E-state index contributed by atoms with van der Waals surface area (Å²) in [6.45, 7) is 14.9. The van der Waals surface area contributed by atoms with E-state index in [4.69, 9.17) is 0 Å². The average Bonchev–Trinajstić information content (AvgIpc) is 2.11. The largest absolute Gasteiger partial charge is 0.263 e. The minimum Gasteiger partial charge on any atom is -0.263 e. The quantitative estimate of drug-likeness (QED) is 0.414. The Balaban J connectivity index is 4.05. The lowest BCUT2D eigenvalue weighted by Gasteiger charge is -2.24. The summed E-state index contributed by atoms with van der Waals surface area (Å²) in [5.74, 6) is 0. The van der Waals surface area contributed by atoms with E-state index in [1.54, 1.807) is 0 Å². The van der Waals surface area contributed by atoms with E-state index in [1.165, 1.54) is 32.1 Å². The van der Waals surface area contributed by atoms with E-state index in [0.717, 1.165) is 11.4 Å². The van der Waals surface area contributed by atoms with E-state index in [-0.39, 0.29) is 5.41 Å². The van der Waals surface area contributed by atoms with Crippen molar-refractivity contribution in [1.82, 2.24) is 0 Å². The summed E-state index contributed by atoms with van der Waals surface area (Å²) in [5.41, 5.74) is 2.28. The molecule has 15 heavy (non-hydrogen) atoms. The standard InChI is InChI=1S/C14H27N/c1-7-8-9-10-11-14(5,6)13(4)15-12(2)3/h4,7-11H2,1-3,5-6H3. The van der Waals surface area contributed by atoms with Crippen molar-refractivity contribution in [2.75, 3.05) is 0 Å². The minimum absolute atomic E-state index is 0.158. The molecule has 0 aliphatic heterocycles. The number of nitrogens with zero attached hydrogens (tertiary/aromatic N) is 1. The van der Waals surface area contributed by atoms with Gasteiger partial charge in [-0.3, -0.25) is 4.99 Å². The van der Waals surface area contributed by atoms with E-state index in [2.05, 4.69) is 32.3 Å². The van der Waals surface area contributed by atoms with Crippen LogP contribution in [0.2, 0.25) is 0 Å². The predicted molar refractivity (Wildman–Crippen MR) is 70.5 cm³/mol. The predicted octanol–water partition coefficient (Wildman–Crippen LogP) is 4.98. The number of aliphatic imine (C=N–C) groups is 1. The third-order valence-electron chi connectivity index (χ3n) is 2.80. The molecule has 0 bridgehead atoms. The van der Waals surface area contributed by atoms with Crippen molar-refractivity contribution in [3.8, 4) is 0 Å². The van der Waals surface area contributed by atoms with Gasteiger partial charge in [0.05, 0.1) is 0 Å². The van der Waals surface area contributed by atoms with Gasteiger partial charge in [0.25, 0.3) is 0 Å². The molecule has 0 N–H and O–H groups in total. The fourth-order valence-electron chi connectivity index (χ4n) is 1.56. The third kappa shape index (κ3) is 6.48. The lowest BCUT2D eigenvalue weighted by molar-refractivity contribution is 0.382. The van der Waals surface area contributed by atoms with Crippen LogP contribution >= 0.6 is 0 Å². The monoisotopic (exact) mass is 209 g/mol. The van der Waals surface area contributed by atoms with Crippen molar-refractivity contribution < 1.29 is 0 Å². The van der Waals surface area contributed by atoms with Gasteiger partial charge in [0.1, 0.15) is 0 Å². The summed E-state index contributed by atoms with van der Waals surface area (Å²) < 4.78 is 0. The SMILES string of the molecule is C=C(N=C(C)C)C(C)(C)CCCCCC. The summed E-state index contributed by atoms with van der Waals surface area (Å²) in [4.78, 5) is 4.47. The Kier molecular flexibility index (Phi) is 6.55. The maximum atomic E-state index is 4.47. The number of hydrogen-bond acceptors (Lipinski definition) is 1.